The Bertz CT molecular complexity index is 273. The number of hydrogen-bond acceptors (Lipinski definition) is 4. The second-order valence-electron chi connectivity index (χ2n) is 3.54. The highest BCUT2D eigenvalue weighted by Gasteiger charge is 2.07. The third-order valence-corrected chi connectivity index (χ3v) is 4.21. The SMILES string of the molecule is CCSCCCNC(C)c1ncc(C)s1. The van der Waals surface area contributed by atoms with E-state index in [2.05, 4.69) is 31.1 Å². The molecule has 0 saturated carbocycles. The molecule has 0 aliphatic rings. The molecule has 0 spiro atoms. The van der Waals surface area contributed by atoms with Crippen molar-refractivity contribution in [3.8, 4) is 0 Å². The van der Waals surface area contributed by atoms with Crippen LogP contribution in [0.1, 0.15) is 36.2 Å². The maximum Gasteiger partial charge on any atom is 0.109 e. The normalized spacial score (nSPS) is 13.0. The second kappa shape index (κ2) is 7.25. The smallest absolute Gasteiger partial charge is 0.109 e. The maximum atomic E-state index is 4.38. The molecule has 0 aliphatic heterocycles. The average molecular weight is 244 g/mol. The molecule has 1 rings (SSSR count). The van der Waals surface area contributed by atoms with Crippen molar-refractivity contribution in [1.82, 2.24) is 10.3 Å². The molecule has 0 aromatic carbocycles. The molecule has 15 heavy (non-hydrogen) atoms. The van der Waals surface area contributed by atoms with E-state index in [1.807, 2.05) is 18.0 Å². The van der Waals surface area contributed by atoms with Gasteiger partial charge in [0.25, 0.3) is 0 Å². The van der Waals surface area contributed by atoms with Crippen LogP contribution in [0.4, 0.5) is 0 Å². The number of thioether (sulfide) groups is 1. The topological polar surface area (TPSA) is 24.9 Å². The van der Waals surface area contributed by atoms with E-state index in [-0.39, 0.29) is 0 Å². The van der Waals surface area contributed by atoms with E-state index < -0.39 is 0 Å². The largest absolute Gasteiger partial charge is 0.308 e. The van der Waals surface area contributed by atoms with Crippen LogP contribution in [0.15, 0.2) is 6.20 Å². The molecule has 0 saturated heterocycles. The Morgan fingerprint density at radius 3 is 3.00 bits per heavy atom. The molecule has 1 atom stereocenters. The molecular formula is C11H20N2S2. The molecule has 0 fully saturated rings. The quantitative estimate of drug-likeness (QED) is 0.745. The highest BCUT2D eigenvalue weighted by Crippen LogP contribution is 2.18. The van der Waals surface area contributed by atoms with Gasteiger partial charge in [-0.25, -0.2) is 4.98 Å². The lowest BCUT2D eigenvalue weighted by Crippen LogP contribution is -2.20. The van der Waals surface area contributed by atoms with Crippen molar-refractivity contribution in [1.29, 1.82) is 0 Å². The van der Waals surface area contributed by atoms with Crippen LogP contribution in [-0.2, 0) is 0 Å². The zero-order valence-corrected chi connectivity index (χ0v) is 11.4. The van der Waals surface area contributed by atoms with Gasteiger partial charge in [0.1, 0.15) is 5.01 Å². The van der Waals surface area contributed by atoms with E-state index in [1.165, 1.54) is 27.8 Å². The minimum atomic E-state index is 0.398. The van der Waals surface area contributed by atoms with Crippen LogP contribution in [0.3, 0.4) is 0 Å². The molecule has 1 aromatic rings. The van der Waals surface area contributed by atoms with Gasteiger partial charge in [0, 0.05) is 11.1 Å². The fourth-order valence-corrected chi connectivity index (χ4v) is 2.73. The van der Waals surface area contributed by atoms with Gasteiger partial charge in [-0.3, -0.25) is 0 Å². The van der Waals surface area contributed by atoms with Crippen molar-refractivity contribution in [2.24, 2.45) is 0 Å². The summed E-state index contributed by atoms with van der Waals surface area (Å²) in [6, 6.07) is 0.398. The number of nitrogens with zero attached hydrogens (tertiary/aromatic N) is 1. The van der Waals surface area contributed by atoms with E-state index in [4.69, 9.17) is 0 Å². The van der Waals surface area contributed by atoms with Gasteiger partial charge >= 0.3 is 0 Å². The fraction of sp³-hybridized carbons (Fsp3) is 0.727. The van der Waals surface area contributed by atoms with E-state index in [0.717, 1.165) is 6.54 Å². The lowest BCUT2D eigenvalue weighted by Gasteiger charge is -2.10. The predicted octanol–water partition coefficient (Wildman–Crippen LogP) is 3.25. The van der Waals surface area contributed by atoms with Crippen molar-refractivity contribution >= 4 is 23.1 Å². The minimum absolute atomic E-state index is 0.398. The summed E-state index contributed by atoms with van der Waals surface area (Å²) in [6.45, 7) is 7.59. The van der Waals surface area contributed by atoms with Crippen molar-refractivity contribution in [3.05, 3.63) is 16.1 Å². The number of rotatable bonds is 7. The third-order valence-electron chi connectivity index (χ3n) is 2.13. The van der Waals surface area contributed by atoms with Crippen LogP contribution < -0.4 is 5.32 Å². The van der Waals surface area contributed by atoms with E-state index >= 15 is 0 Å². The first-order valence-electron chi connectivity index (χ1n) is 5.47. The Kier molecular flexibility index (Phi) is 6.29. The van der Waals surface area contributed by atoms with Crippen LogP contribution >= 0.6 is 23.1 Å². The fourth-order valence-electron chi connectivity index (χ4n) is 1.30. The predicted molar refractivity (Wildman–Crippen MR) is 70.9 cm³/mol. The van der Waals surface area contributed by atoms with Crippen molar-refractivity contribution in [3.63, 3.8) is 0 Å². The summed E-state index contributed by atoms with van der Waals surface area (Å²) >= 11 is 3.79. The molecule has 86 valence electrons. The van der Waals surface area contributed by atoms with Gasteiger partial charge in [0.05, 0.1) is 6.04 Å². The average Bonchev–Trinajstić information content (AvgIpc) is 2.64. The molecule has 1 N–H and O–H groups in total. The summed E-state index contributed by atoms with van der Waals surface area (Å²) in [5, 5.41) is 4.71. The summed E-state index contributed by atoms with van der Waals surface area (Å²) in [5.41, 5.74) is 0. The molecule has 0 bridgehead atoms. The molecule has 1 aromatic heterocycles. The zero-order valence-electron chi connectivity index (χ0n) is 9.75. The number of hydrogen-bond donors (Lipinski definition) is 1. The van der Waals surface area contributed by atoms with E-state index in [1.54, 1.807) is 11.3 Å². The number of aromatic nitrogens is 1. The Balaban J connectivity index is 2.16. The molecule has 0 radical (unpaired) electrons. The molecule has 1 heterocycles. The van der Waals surface area contributed by atoms with Gasteiger partial charge in [0.2, 0.25) is 0 Å². The zero-order chi connectivity index (χ0) is 11.1. The van der Waals surface area contributed by atoms with E-state index in [9.17, 15) is 0 Å². The Labute approximate surface area is 101 Å². The minimum Gasteiger partial charge on any atom is -0.308 e. The molecule has 0 amide bonds. The van der Waals surface area contributed by atoms with Crippen LogP contribution in [-0.4, -0.2) is 23.0 Å². The monoisotopic (exact) mass is 244 g/mol. The summed E-state index contributed by atoms with van der Waals surface area (Å²) in [5.74, 6) is 2.48. The van der Waals surface area contributed by atoms with Gasteiger partial charge in [0.15, 0.2) is 0 Å². The van der Waals surface area contributed by atoms with Gasteiger partial charge in [-0.1, -0.05) is 6.92 Å². The molecule has 4 heteroatoms. The lowest BCUT2D eigenvalue weighted by molar-refractivity contribution is 0.570. The van der Waals surface area contributed by atoms with Crippen molar-refractivity contribution < 1.29 is 0 Å². The van der Waals surface area contributed by atoms with Crippen LogP contribution in [0.5, 0.6) is 0 Å². The first-order valence-corrected chi connectivity index (χ1v) is 7.44. The first kappa shape index (κ1) is 13.0. The van der Waals surface area contributed by atoms with Crippen LogP contribution in [0.25, 0.3) is 0 Å². The Hall–Kier alpha value is -0.0600. The first-order chi connectivity index (χ1) is 7.24. The lowest BCUT2D eigenvalue weighted by atomic mass is 10.3. The van der Waals surface area contributed by atoms with Gasteiger partial charge < -0.3 is 5.32 Å². The number of nitrogens with one attached hydrogen (secondary N) is 1. The Morgan fingerprint density at radius 1 is 1.60 bits per heavy atom. The molecule has 0 aliphatic carbocycles. The number of thiazole rings is 1. The van der Waals surface area contributed by atoms with Crippen LogP contribution in [0, 0.1) is 6.92 Å². The van der Waals surface area contributed by atoms with Gasteiger partial charge in [-0.05, 0) is 38.3 Å². The number of aryl methyl sites for hydroxylation is 1. The van der Waals surface area contributed by atoms with Crippen molar-refractivity contribution in [2.75, 3.05) is 18.1 Å². The van der Waals surface area contributed by atoms with Gasteiger partial charge in [-0.2, -0.15) is 11.8 Å². The van der Waals surface area contributed by atoms with Gasteiger partial charge in [-0.15, -0.1) is 11.3 Å². The van der Waals surface area contributed by atoms with Crippen LogP contribution in [0.2, 0.25) is 0 Å². The Morgan fingerprint density at radius 2 is 2.40 bits per heavy atom. The summed E-state index contributed by atoms with van der Waals surface area (Å²) in [4.78, 5) is 5.67. The molecule has 1 unspecified atom stereocenters. The third kappa shape index (κ3) is 5.00. The maximum absolute atomic E-state index is 4.38. The second-order valence-corrected chi connectivity index (χ2v) is 6.20. The summed E-state index contributed by atoms with van der Waals surface area (Å²) < 4.78 is 0. The highest BCUT2D eigenvalue weighted by atomic mass is 32.2. The molecule has 2 nitrogen and oxygen atoms in total. The van der Waals surface area contributed by atoms with E-state index in [0.29, 0.717) is 6.04 Å². The molecular weight excluding hydrogens is 224 g/mol. The summed E-state index contributed by atoms with van der Waals surface area (Å²) in [7, 11) is 0. The standard InChI is InChI=1S/C11H20N2S2/c1-4-14-7-5-6-12-10(3)11-13-8-9(2)15-11/h8,10,12H,4-7H2,1-3H3. The highest BCUT2D eigenvalue weighted by molar-refractivity contribution is 7.99. The summed E-state index contributed by atoms with van der Waals surface area (Å²) in [6.07, 6.45) is 3.19. The van der Waals surface area contributed by atoms with Crippen molar-refractivity contribution in [2.45, 2.75) is 33.2 Å².